The lowest BCUT2D eigenvalue weighted by atomic mass is 10.2. The number of hydrogen-bond donors (Lipinski definition) is 1. The molecule has 0 aliphatic heterocycles. The first-order valence-corrected chi connectivity index (χ1v) is 7.93. The van der Waals surface area contributed by atoms with Crippen LogP contribution < -0.4 is 10.2 Å². The summed E-state index contributed by atoms with van der Waals surface area (Å²) in [6.07, 6.45) is 0. The number of carbonyl (C=O) groups excluding carboxylic acids is 1. The van der Waals surface area contributed by atoms with Crippen molar-refractivity contribution in [2.24, 2.45) is 0 Å². The summed E-state index contributed by atoms with van der Waals surface area (Å²) in [6, 6.07) is 14.8. The number of amides is 1. The van der Waals surface area contributed by atoms with Crippen molar-refractivity contribution in [3.8, 4) is 0 Å². The van der Waals surface area contributed by atoms with Crippen molar-refractivity contribution in [2.45, 2.75) is 13.1 Å². The van der Waals surface area contributed by atoms with Crippen LogP contribution in [0.15, 0.2) is 53.3 Å². The fourth-order valence-electron chi connectivity index (χ4n) is 2.20. The van der Waals surface area contributed by atoms with Gasteiger partial charge in [0.15, 0.2) is 0 Å². The third-order valence-electron chi connectivity index (χ3n) is 3.31. The summed E-state index contributed by atoms with van der Waals surface area (Å²) < 4.78 is 2.37. The van der Waals surface area contributed by atoms with Crippen LogP contribution in [0.4, 0.5) is 0 Å². The molecule has 3 aromatic rings. The third kappa shape index (κ3) is 3.05. The van der Waals surface area contributed by atoms with E-state index in [-0.39, 0.29) is 17.3 Å². The highest BCUT2D eigenvalue weighted by Gasteiger charge is 2.11. The Morgan fingerprint density at radius 2 is 1.86 bits per heavy atom. The van der Waals surface area contributed by atoms with Crippen LogP contribution in [0.2, 0.25) is 5.02 Å². The zero-order valence-corrected chi connectivity index (χ0v) is 13.2. The Labute approximate surface area is 136 Å². The van der Waals surface area contributed by atoms with Crippen molar-refractivity contribution in [1.29, 1.82) is 0 Å². The summed E-state index contributed by atoms with van der Waals surface area (Å²) in [7, 11) is 0. The first-order chi connectivity index (χ1) is 10.6. The molecule has 0 atom stereocenters. The van der Waals surface area contributed by atoms with Gasteiger partial charge < -0.3 is 5.32 Å². The Morgan fingerprint density at radius 3 is 2.68 bits per heavy atom. The van der Waals surface area contributed by atoms with Crippen LogP contribution in [-0.2, 0) is 17.9 Å². The van der Waals surface area contributed by atoms with Crippen molar-refractivity contribution < 1.29 is 4.79 Å². The van der Waals surface area contributed by atoms with Gasteiger partial charge in [-0.2, -0.15) is 0 Å². The highest BCUT2D eigenvalue weighted by atomic mass is 35.5. The number of rotatable bonds is 4. The molecule has 0 saturated carbocycles. The fraction of sp³-hybridized carbons (Fsp3) is 0.125. The molecule has 112 valence electrons. The molecule has 3 rings (SSSR count). The van der Waals surface area contributed by atoms with Crippen LogP contribution in [0.25, 0.3) is 10.2 Å². The van der Waals surface area contributed by atoms with Crippen LogP contribution in [0, 0.1) is 0 Å². The Hall–Kier alpha value is -2.11. The maximum Gasteiger partial charge on any atom is 0.308 e. The van der Waals surface area contributed by atoms with Gasteiger partial charge in [0.1, 0.15) is 6.54 Å². The van der Waals surface area contributed by atoms with E-state index >= 15 is 0 Å². The van der Waals surface area contributed by atoms with Crippen LogP contribution in [-0.4, -0.2) is 10.5 Å². The van der Waals surface area contributed by atoms with Gasteiger partial charge in [-0.05, 0) is 23.8 Å². The topological polar surface area (TPSA) is 51.1 Å². The molecule has 0 bridgehead atoms. The van der Waals surface area contributed by atoms with Gasteiger partial charge in [0, 0.05) is 11.6 Å². The van der Waals surface area contributed by atoms with Gasteiger partial charge in [0.2, 0.25) is 5.91 Å². The Morgan fingerprint density at radius 1 is 1.14 bits per heavy atom. The predicted octanol–water partition coefficient (Wildman–Crippen LogP) is 3.03. The van der Waals surface area contributed by atoms with E-state index in [1.54, 1.807) is 6.07 Å². The average Bonchev–Trinajstić information content (AvgIpc) is 2.83. The summed E-state index contributed by atoms with van der Waals surface area (Å²) in [5.41, 5.74) is 1.63. The lowest BCUT2D eigenvalue weighted by Gasteiger charge is -2.07. The number of thiazole rings is 1. The second kappa shape index (κ2) is 6.34. The molecular formula is C16H13ClN2O2S. The molecule has 6 heteroatoms. The van der Waals surface area contributed by atoms with E-state index in [2.05, 4.69) is 5.32 Å². The molecule has 0 radical (unpaired) electrons. The van der Waals surface area contributed by atoms with E-state index in [9.17, 15) is 9.59 Å². The predicted molar refractivity (Wildman–Crippen MR) is 89.4 cm³/mol. The molecular weight excluding hydrogens is 320 g/mol. The molecule has 22 heavy (non-hydrogen) atoms. The van der Waals surface area contributed by atoms with Gasteiger partial charge in [-0.1, -0.05) is 53.3 Å². The summed E-state index contributed by atoms with van der Waals surface area (Å²) in [6.45, 7) is 0.350. The SMILES string of the molecule is O=C(Cn1c(=O)sc2ccccc21)NCc1ccccc1Cl. The van der Waals surface area contributed by atoms with Crippen LogP contribution in [0.5, 0.6) is 0 Å². The van der Waals surface area contributed by atoms with E-state index in [1.165, 1.54) is 4.57 Å². The number of para-hydroxylation sites is 1. The minimum atomic E-state index is -0.217. The van der Waals surface area contributed by atoms with Crippen molar-refractivity contribution >= 4 is 39.1 Å². The van der Waals surface area contributed by atoms with E-state index in [0.29, 0.717) is 11.6 Å². The molecule has 0 unspecified atom stereocenters. The summed E-state index contributed by atoms with van der Waals surface area (Å²) >= 11 is 7.19. The largest absolute Gasteiger partial charge is 0.350 e. The van der Waals surface area contributed by atoms with E-state index in [0.717, 1.165) is 27.1 Å². The molecule has 0 fully saturated rings. The number of halogens is 1. The van der Waals surface area contributed by atoms with Crippen LogP contribution >= 0.6 is 22.9 Å². The molecule has 1 aromatic heterocycles. The van der Waals surface area contributed by atoms with Crippen LogP contribution in [0.1, 0.15) is 5.56 Å². The fourth-order valence-corrected chi connectivity index (χ4v) is 3.29. The number of carbonyl (C=O) groups is 1. The van der Waals surface area contributed by atoms with Crippen LogP contribution in [0.3, 0.4) is 0 Å². The molecule has 0 spiro atoms. The van der Waals surface area contributed by atoms with Gasteiger partial charge in [0.05, 0.1) is 10.2 Å². The number of hydrogen-bond acceptors (Lipinski definition) is 3. The molecule has 0 aliphatic rings. The van der Waals surface area contributed by atoms with Gasteiger partial charge in [-0.3, -0.25) is 14.2 Å². The molecule has 0 aliphatic carbocycles. The molecule has 0 saturated heterocycles. The van der Waals surface area contributed by atoms with Gasteiger partial charge >= 0.3 is 4.87 Å². The lowest BCUT2D eigenvalue weighted by Crippen LogP contribution is -2.30. The minimum absolute atomic E-state index is 0.00724. The highest BCUT2D eigenvalue weighted by molar-refractivity contribution is 7.16. The zero-order valence-electron chi connectivity index (χ0n) is 11.6. The lowest BCUT2D eigenvalue weighted by molar-refractivity contribution is -0.121. The zero-order chi connectivity index (χ0) is 15.5. The van der Waals surface area contributed by atoms with Gasteiger partial charge in [-0.15, -0.1) is 0 Å². The standard InChI is InChI=1S/C16H13ClN2O2S/c17-12-6-2-1-5-11(12)9-18-15(20)10-19-13-7-3-4-8-14(13)22-16(19)21/h1-8H,9-10H2,(H,18,20). The normalized spacial score (nSPS) is 10.8. The molecule has 1 N–H and O–H groups in total. The molecule has 4 nitrogen and oxygen atoms in total. The quantitative estimate of drug-likeness (QED) is 0.798. The number of fused-ring (bicyclic) bond motifs is 1. The van der Waals surface area contributed by atoms with Crippen molar-refractivity contribution in [3.05, 3.63) is 68.8 Å². The number of nitrogens with one attached hydrogen (secondary N) is 1. The second-order valence-corrected chi connectivity index (χ2v) is 6.19. The molecule has 1 amide bonds. The first kappa shape index (κ1) is 14.8. The maximum absolute atomic E-state index is 12.1. The smallest absolute Gasteiger partial charge is 0.308 e. The van der Waals surface area contributed by atoms with Crippen molar-refractivity contribution in [1.82, 2.24) is 9.88 Å². The number of nitrogens with zero attached hydrogens (tertiary/aromatic N) is 1. The summed E-state index contributed by atoms with van der Waals surface area (Å²) in [5.74, 6) is -0.217. The van der Waals surface area contributed by atoms with Crippen molar-refractivity contribution in [2.75, 3.05) is 0 Å². The minimum Gasteiger partial charge on any atom is -0.350 e. The average molecular weight is 333 g/mol. The van der Waals surface area contributed by atoms with Crippen molar-refractivity contribution in [3.63, 3.8) is 0 Å². The molecule has 1 heterocycles. The van der Waals surface area contributed by atoms with Gasteiger partial charge in [-0.25, -0.2) is 0 Å². The number of aromatic nitrogens is 1. The Bertz CT molecular complexity index is 885. The third-order valence-corrected chi connectivity index (χ3v) is 4.64. The highest BCUT2D eigenvalue weighted by Crippen LogP contribution is 2.16. The maximum atomic E-state index is 12.1. The van der Waals surface area contributed by atoms with Gasteiger partial charge in [0.25, 0.3) is 0 Å². The monoisotopic (exact) mass is 332 g/mol. The van der Waals surface area contributed by atoms with E-state index in [1.807, 2.05) is 42.5 Å². The number of benzene rings is 2. The van der Waals surface area contributed by atoms with E-state index in [4.69, 9.17) is 11.6 Å². The summed E-state index contributed by atoms with van der Waals surface area (Å²) in [4.78, 5) is 23.9. The molecule has 2 aromatic carbocycles. The first-order valence-electron chi connectivity index (χ1n) is 6.73. The summed E-state index contributed by atoms with van der Waals surface area (Å²) in [5, 5.41) is 3.40. The second-order valence-electron chi connectivity index (χ2n) is 4.79. The van der Waals surface area contributed by atoms with E-state index < -0.39 is 0 Å². The Kier molecular flexibility index (Phi) is 4.27. The Balaban J connectivity index is 1.73.